The molecule has 0 aromatic heterocycles. The van der Waals surface area contributed by atoms with Gasteiger partial charge in [-0.2, -0.15) is 13.2 Å². The average Bonchev–Trinajstić information content (AvgIpc) is 2.73. The van der Waals surface area contributed by atoms with E-state index >= 15 is 0 Å². The summed E-state index contributed by atoms with van der Waals surface area (Å²) < 4.78 is 65.6. The van der Waals surface area contributed by atoms with Gasteiger partial charge in [0, 0.05) is 15.6 Å². The largest absolute Gasteiger partial charge is 0.418 e. The van der Waals surface area contributed by atoms with Crippen LogP contribution in [0.4, 0.5) is 24.5 Å². The Balaban J connectivity index is 1.84. The summed E-state index contributed by atoms with van der Waals surface area (Å²) >= 11 is 11.5. The summed E-state index contributed by atoms with van der Waals surface area (Å²) in [6, 6.07) is 15.1. The Labute approximate surface area is 198 Å². The van der Waals surface area contributed by atoms with Crippen molar-refractivity contribution in [2.45, 2.75) is 12.7 Å². The van der Waals surface area contributed by atoms with Crippen LogP contribution in [0.3, 0.4) is 0 Å². The van der Waals surface area contributed by atoms with Crippen molar-refractivity contribution in [1.82, 2.24) is 0 Å². The van der Waals surface area contributed by atoms with Gasteiger partial charge in [0.25, 0.3) is 5.91 Å². The smallest absolute Gasteiger partial charge is 0.321 e. The molecule has 11 heteroatoms. The molecule has 174 valence electrons. The first-order valence-corrected chi connectivity index (χ1v) is 12.0. The van der Waals surface area contributed by atoms with E-state index in [0.717, 1.165) is 22.7 Å². The molecule has 0 atom stereocenters. The Kier molecular flexibility index (Phi) is 7.26. The minimum Gasteiger partial charge on any atom is -0.321 e. The van der Waals surface area contributed by atoms with E-state index in [2.05, 4.69) is 5.32 Å². The van der Waals surface area contributed by atoms with Gasteiger partial charge in [0.05, 0.1) is 29.7 Å². The fraction of sp³-hybridized carbons (Fsp3) is 0.136. The van der Waals surface area contributed by atoms with E-state index in [9.17, 15) is 26.4 Å². The molecule has 1 N–H and O–H groups in total. The van der Waals surface area contributed by atoms with Gasteiger partial charge in [0.2, 0.25) is 10.0 Å². The number of benzene rings is 3. The molecule has 0 saturated carbocycles. The van der Waals surface area contributed by atoms with E-state index in [4.69, 9.17) is 23.2 Å². The van der Waals surface area contributed by atoms with Crippen molar-refractivity contribution in [3.63, 3.8) is 0 Å². The van der Waals surface area contributed by atoms with Gasteiger partial charge in [-0.3, -0.25) is 9.10 Å². The quantitative estimate of drug-likeness (QED) is 0.422. The molecular formula is C22H17Cl2F3N2O3S. The Morgan fingerprint density at radius 3 is 2.06 bits per heavy atom. The molecule has 0 saturated heterocycles. The van der Waals surface area contributed by atoms with Gasteiger partial charge in [0.15, 0.2) is 0 Å². The molecule has 33 heavy (non-hydrogen) atoms. The zero-order chi connectivity index (χ0) is 24.4. The molecule has 0 unspecified atom stereocenters. The molecule has 0 aliphatic heterocycles. The lowest BCUT2D eigenvalue weighted by atomic mass is 10.1. The maximum atomic E-state index is 13.3. The van der Waals surface area contributed by atoms with E-state index in [0.29, 0.717) is 10.6 Å². The predicted octanol–water partition coefficient (Wildman–Crippen LogP) is 6.23. The molecule has 1 amide bonds. The second kappa shape index (κ2) is 9.62. The molecule has 3 rings (SSSR count). The number of hydrogen-bond acceptors (Lipinski definition) is 3. The van der Waals surface area contributed by atoms with Crippen LogP contribution in [0.5, 0.6) is 0 Å². The van der Waals surface area contributed by atoms with E-state index in [-0.39, 0.29) is 22.8 Å². The average molecular weight is 517 g/mol. The number of carbonyl (C=O) groups is 1. The lowest BCUT2D eigenvalue weighted by molar-refractivity contribution is -0.136. The highest BCUT2D eigenvalue weighted by atomic mass is 35.5. The normalized spacial score (nSPS) is 11.8. The van der Waals surface area contributed by atoms with Crippen LogP contribution < -0.4 is 9.62 Å². The van der Waals surface area contributed by atoms with Crippen molar-refractivity contribution >= 4 is 50.5 Å². The van der Waals surface area contributed by atoms with Crippen LogP contribution in [0.2, 0.25) is 10.0 Å². The van der Waals surface area contributed by atoms with Gasteiger partial charge in [-0.1, -0.05) is 35.3 Å². The standard InChI is InChI=1S/C22H17Cl2F3N2O3S/c1-33(31,32)29(13-14-2-6-16(23)7-3-14)18-9-4-15(5-10-18)21(30)28-20-11-8-17(24)12-19(20)22(25,26)27/h2-12H,13H2,1H3,(H,28,30). The Hall–Kier alpha value is -2.75. The third-order valence-corrected chi connectivity index (χ3v) is 6.22. The second-order valence-electron chi connectivity index (χ2n) is 7.08. The third kappa shape index (κ3) is 6.40. The van der Waals surface area contributed by atoms with Crippen molar-refractivity contribution in [2.75, 3.05) is 15.9 Å². The van der Waals surface area contributed by atoms with Crippen molar-refractivity contribution in [3.8, 4) is 0 Å². The molecule has 0 bridgehead atoms. The minimum atomic E-state index is -4.71. The van der Waals surface area contributed by atoms with E-state index in [1.807, 2.05) is 0 Å². The van der Waals surface area contributed by atoms with Crippen molar-refractivity contribution < 1.29 is 26.4 Å². The van der Waals surface area contributed by atoms with Crippen molar-refractivity contribution in [3.05, 3.63) is 93.5 Å². The zero-order valence-electron chi connectivity index (χ0n) is 17.0. The fourth-order valence-electron chi connectivity index (χ4n) is 2.99. The second-order valence-corrected chi connectivity index (χ2v) is 9.86. The van der Waals surface area contributed by atoms with Gasteiger partial charge in [-0.05, 0) is 60.2 Å². The highest BCUT2D eigenvalue weighted by molar-refractivity contribution is 7.92. The maximum Gasteiger partial charge on any atom is 0.418 e. The first kappa shape index (κ1) is 24.9. The Morgan fingerprint density at radius 1 is 0.939 bits per heavy atom. The van der Waals surface area contributed by atoms with E-state index in [1.54, 1.807) is 24.3 Å². The molecule has 0 aliphatic carbocycles. The topological polar surface area (TPSA) is 66.5 Å². The van der Waals surface area contributed by atoms with Gasteiger partial charge in [-0.15, -0.1) is 0 Å². The summed E-state index contributed by atoms with van der Waals surface area (Å²) in [5.41, 5.74) is -0.505. The summed E-state index contributed by atoms with van der Waals surface area (Å²) in [5.74, 6) is -0.794. The van der Waals surface area contributed by atoms with Crippen LogP contribution >= 0.6 is 23.2 Å². The fourth-order valence-corrected chi connectivity index (χ4v) is 4.18. The monoisotopic (exact) mass is 516 g/mol. The highest BCUT2D eigenvalue weighted by Gasteiger charge is 2.34. The number of nitrogens with zero attached hydrogens (tertiary/aromatic N) is 1. The molecule has 0 heterocycles. The lowest BCUT2D eigenvalue weighted by Gasteiger charge is -2.23. The van der Waals surface area contributed by atoms with Crippen molar-refractivity contribution in [2.24, 2.45) is 0 Å². The first-order valence-electron chi connectivity index (χ1n) is 9.35. The first-order chi connectivity index (χ1) is 15.3. The van der Waals surface area contributed by atoms with Crippen LogP contribution in [0.15, 0.2) is 66.7 Å². The lowest BCUT2D eigenvalue weighted by Crippen LogP contribution is -2.29. The Morgan fingerprint density at radius 2 is 1.52 bits per heavy atom. The van der Waals surface area contributed by atoms with E-state index in [1.165, 1.54) is 30.3 Å². The van der Waals surface area contributed by atoms with Gasteiger partial charge in [0.1, 0.15) is 0 Å². The van der Waals surface area contributed by atoms with Crippen LogP contribution in [0, 0.1) is 0 Å². The molecule has 0 spiro atoms. The highest BCUT2D eigenvalue weighted by Crippen LogP contribution is 2.36. The number of amides is 1. The number of nitrogens with one attached hydrogen (secondary N) is 1. The molecule has 0 radical (unpaired) electrons. The van der Waals surface area contributed by atoms with Crippen LogP contribution in [0.25, 0.3) is 0 Å². The summed E-state index contributed by atoms with van der Waals surface area (Å²) in [6.07, 6.45) is -3.67. The summed E-state index contributed by atoms with van der Waals surface area (Å²) in [7, 11) is -3.67. The molecule has 3 aromatic carbocycles. The maximum absolute atomic E-state index is 13.3. The number of hydrogen-bond donors (Lipinski definition) is 1. The van der Waals surface area contributed by atoms with E-state index < -0.39 is 33.4 Å². The van der Waals surface area contributed by atoms with Crippen molar-refractivity contribution in [1.29, 1.82) is 0 Å². The minimum absolute atomic E-state index is 0.0290. The van der Waals surface area contributed by atoms with Gasteiger partial charge in [-0.25, -0.2) is 8.42 Å². The van der Waals surface area contributed by atoms with Crippen LogP contribution in [0.1, 0.15) is 21.5 Å². The number of rotatable bonds is 6. The SMILES string of the molecule is CS(=O)(=O)N(Cc1ccc(Cl)cc1)c1ccc(C(=O)Nc2ccc(Cl)cc2C(F)(F)F)cc1. The zero-order valence-corrected chi connectivity index (χ0v) is 19.4. The molecular weight excluding hydrogens is 500 g/mol. The van der Waals surface area contributed by atoms with Gasteiger partial charge < -0.3 is 5.32 Å². The number of carbonyl (C=O) groups excluding carboxylic acids is 1. The summed E-state index contributed by atoms with van der Waals surface area (Å²) in [6.45, 7) is 0.0290. The molecule has 3 aromatic rings. The molecule has 0 fully saturated rings. The number of sulfonamides is 1. The number of halogens is 5. The number of anilines is 2. The molecule has 5 nitrogen and oxygen atoms in total. The Bertz CT molecular complexity index is 1260. The van der Waals surface area contributed by atoms with Crippen LogP contribution in [-0.4, -0.2) is 20.6 Å². The third-order valence-electron chi connectivity index (χ3n) is 4.59. The summed E-state index contributed by atoms with van der Waals surface area (Å²) in [5, 5.41) is 2.61. The predicted molar refractivity (Wildman–Crippen MR) is 123 cm³/mol. The van der Waals surface area contributed by atoms with Crippen LogP contribution in [-0.2, 0) is 22.7 Å². The summed E-state index contributed by atoms with van der Waals surface area (Å²) in [4.78, 5) is 12.5. The number of alkyl halides is 3. The molecule has 0 aliphatic rings. The van der Waals surface area contributed by atoms with Gasteiger partial charge >= 0.3 is 6.18 Å².